The van der Waals surface area contributed by atoms with Gasteiger partial charge in [-0.2, -0.15) is 5.26 Å². The van der Waals surface area contributed by atoms with Crippen molar-refractivity contribution in [3.05, 3.63) is 24.5 Å². The molecule has 0 spiro atoms. The maximum Gasteiger partial charge on any atom is 0.117 e. The van der Waals surface area contributed by atoms with Gasteiger partial charge >= 0.3 is 0 Å². The van der Waals surface area contributed by atoms with E-state index in [1.807, 2.05) is 18.2 Å². The van der Waals surface area contributed by atoms with Crippen LogP contribution in [0.1, 0.15) is 12.8 Å². The van der Waals surface area contributed by atoms with Crippen LogP contribution in [0, 0.1) is 11.3 Å². The van der Waals surface area contributed by atoms with Crippen LogP contribution in [-0.4, -0.2) is 6.10 Å². The Kier molecular flexibility index (Phi) is 2.57. The SMILES string of the molecule is N#CCCC1C=CC=CO1. The summed E-state index contributed by atoms with van der Waals surface area (Å²) >= 11 is 0. The molecule has 1 aliphatic rings. The Labute approximate surface area is 60.4 Å². The number of hydrogen-bond acceptors (Lipinski definition) is 2. The Morgan fingerprint density at radius 2 is 2.40 bits per heavy atom. The van der Waals surface area contributed by atoms with Gasteiger partial charge in [-0.25, -0.2) is 0 Å². The summed E-state index contributed by atoms with van der Waals surface area (Å²) in [5.74, 6) is 0. The van der Waals surface area contributed by atoms with Gasteiger partial charge in [-0.3, -0.25) is 0 Å². The first-order valence-corrected chi connectivity index (χ1v) is 3.29. The van der Waals surface area contributed by atoms with Gasteiger partial charge in [-0.15, -0.1) is 0 Å². The van der Waals surface area contributed by atoms with Gasteiger partial charge in [0.2, 0.25) is 0 Å². The minimum atomic E-state index is 0.115. The average molecular weight is 135 g/mol. The fraction of sp³-hybridized carbons (Fsp3) is 0.375. The van der Waals surface area contributed by atoms with Crippen LogP contribution in [0.3, 0.4) is 0 Å². The minimum Gasteiger partial charge on any atom is -0.494 e. The molecule has 52 valence electrons. The molecule has 0 aromatic carbocycles. The van der Waals surface area contributed by atoms with Crippen LogP contribution in [0.15, 0.2) is 24.5 Å². The first-order valence-electron chi connectivity index (χ1n) is 3.29. The van der Waals surface area contributed by atoms with Crippen LogP contribution >= 0.6 is 0 Å². The first kappa shape index (κ1) is 6.88. The summed E-state index contributed by atoms with van der Waals surface area (Å²) in [5.41, 5.74) is 0. The first-order chi connectivity index (χ1) is 4.93. The Bertz CT molecular complexity index is 188. The molecule has 0 bridgehead atoms. The third-order valence-corrected chi connectivity index (χ3v) is 1.31. The van der Waals surface area contributed by atoms with Crippen molar-refractivity contribution in [2.45, 2.75) is 18.9 Å². The van der Waals surface area contributed by atoms with E-state index in [9.17, 15) is 0 Å². The zero-order chi connectivity index (χ0) is 7.23. The van der Waals surface area contributed by atoms with Gasteiger partial charge in [0.25, 0.3) is 0 Å². The molecule has 0 aromatic heterocycles. The van der Waals surface area contributed by atoms with Crippen molar-refractivity contribution in [3.8, 4) is 6.07 Å². The molecule has 0 saturated heterocycles. The van der Waals surface area contributed by atoms with E-state index in [1.165, 1.54) is 0 Å². The van der Waals surface area contributed by atoms with Crippen molar-refractivity contribution in [1.82, 2.24) is 0 Å². The normalized spacial score (nSPS) is 21.7. The Balaban J connectivity index is 2.25. The predicted molar refractivity (Wildman–Crippen MR) is 38.0 cm³/mol. The molecule has 2 heteroatoms. The molecular weight excluding hydrogens is 126 g/mol. The smallest absolute Gasteiger partial charge is 0.117 e. The van der Waals surface area contributed by atoms with E-state index in [0.29, 0.717) is 6.42 Å². The highest BCUT2D eigenvalue weighted by atomic mass is 16.5. The van der Waals surface area contributed by atoms with E-state index in [2.05, 4.69) is 6.07 Å². The standard InChI is InChI=1S/C8H9NO/c9-6-3-5-8-4-1-2-7-10-8/h1-2,4,7-8H,3,5H2. The minimum absolute atomic E-state index is 0.115. The highest BCUT2D eigenvalue weighted by molar-refractivity contribution is 5.07. The van der Waals surface area contributed by atoms with Crippen LogP contribution in [0.4, 0.5) is 0 Å². The molecule has 0 aromatic rings. The molecule has 1 aliphatic heterocycles. The van der Waals surface area contributed by atoms with Crippen molar-refractivity contribution >= 4 is 0 Å². The molecule has 2 nitrogen and oxygen atoms in total. The molecule has 0 amide bonds. The van der Waals surface area contributed by atoms with Crippen LogP contribution in [0.2, 0.25) is 0 Å². The average Bonchev–Trinajstić information content (AvgIpc) is 2.03. The zero-order valence-corrected chi connectivity index (χ0v) is 5.66. The van der Waals surface area contributed by atoms with Crippen molar-refractivity contribution in [2.75, 3.05) is 0 Å². The van der Waals surface area contributed by atoms with Gasteiger partial charge in [0.15, 0.2) is 0 Å². The van der Waals surface area contributed by atoms with E-state index in [1.54, 1.807) is 6.26 Å². The van der Waals surface area contributed by atoms with E-state index in [4.69, 9.17) is 10.00 Å². The maximum absolute atomic E-state index is 8.25. The summed E-state index contributed by atoms with van der Waals surface area (Å²) in [7, 11) is 0. The molecule has 0 saturated carbocycles. The lowest BCUT2D eigenvalue weighted by atomic mass is 10.2. The third kappa shape index (κ3) is 1.94. The summed E-state index contributed by atoms with van der Waals surface area (Å²) in [4.78, 5) is 0. The Morgan fingerprint density at radius 1 is 1.50 bits per heavy atom. The van der Waals surface area contributed by atoms with Gasteiger partial charge in [0.05, 0.1) is 12.3 Å². The summed E-state index contributed by atoms with van der Waals surface area (Å²) in [6, 6.07) is 2.08. The number of hydrogen-bond donors (Lipinski definition) is 0. The van der Waals surface area contributed by atoms with Crippen molar-refractivity contribution in [3.63, 3.8) is 0 Å². The fourth-order valence-corrected chi connectivity index (χ4v) is 0.796. The van der Waals surface area contributed by atoms with Gasteiger partial charge in [0, 0.05) is 12.8 Å². The summed E-state index contributed by atoms with van der Waals surface area (Å²) in [6.45, 7) is 0. The van der Waals surface area contributed by atoms with E-state index in [0.717, 1.165) is 6.42 Å². The molecule has 1 rings (SSSR count). The second kappa shape index (κ2) is 3.73. The molecule has 0 radical (unpaired) electrons. The lowest BCUT2D eigenvalue weighted by molar-refractivity contribution is 0.176. The lowest BCUT2D eigenvalue weighted by Gasteiger charge is -2.12. The van der Waals surface area contributed by atoms with Gasteiger partial charge in [-0.1, -0.05) is 6.08 Å². The van der Waals surface area contributed by atoms with E-state index in [-0.39, 0.29) is 6.10 Å². The quantitative estimate of drug-likeness (QED) is 0.578. The lowest BCUT2D eigenvalue weighted by Crippen LogP contribution is -2.06. The molecule has 1 unspecified atom stereocenters. The highest BCUT2D eigenvalue weighted by Gasteiger charge is 2.03. The molecule has 0 aliphatic carbocycles. The number of rotatable bonds is 2. The molecule has 1 heterocycles. The largest absolute Gasteiger partial charge is 0.494 e. The molecular formula is C8H9NO. The number of nitriles is 1. The van der Waals surface area contributed by atoms with Gasteiger partial charge in [0.1, 0.15) is 6.10 Å². The Hall–Kier alpha value is -1.23. The number of nitrogens with zero attached hydrogens (tertiary/aromatic N) is 1. The summed E-state index contributed by atoms with van der Waals surface area (Å²) in [6.07, 6.45) is 8.85. The zero-order valence-electron chi connectivity index (χ0n) is 5.66. The topological polar surface area (TPSA) is 33.0 Å². The van der Waals surface area contributed by atoms with Crippen molar-refractivity contribution < 1.29 is 4.74 Å². The third-order valence-electron chi connectivity index (χ3n) is 1.31. The maximum atomic E-state index is 8.25. The van der Waals surface area contributed by atoms with Crippen LogP contribution < -0.4 is 0 Å². The monoisotopic (exact) mass is 135 g/mol. The fourth-order valence-electron chi connectivity index (χ4n) is 0.796. The highest BCUT2D eigenvalue weighted by Crippen LogP contribution is 2.07. The predicted octanol–water partition coefficient (Wildman–Crippen LogP) is 1.76. The summed E-state index contributed by atoms with van der Waals surface area (Å²) in [5, 5.41) is 8.25. The van der Waals surface area contributed by atoms with Crippen LogP contribution in [0.5, 0.6) is 0 Å². The van der Waals surface area contributed by atoms with Crippen molar-refractivity contribution in [1.29, 1.82) is 5.26 Å². The second-order valence-electron chi connectivity index (χ2n) is 2.08. The Morgan fingerprint density at radius 3 is 3.00 bits per heavy atom. The van der Waals surface area contributed by atoms with Crippen molar-refractivity contribution in [2.24, 2.45) is 0 Å². The summed E-state index contributed by atoms with van der Waals surface area (Å²) < 4.78 is 5.16. The van der Waals surface area contributed by atoms with E-state index >= 15 is 0 Å². The molecule has 10 heavy (non-hydrogen) atoms. The van der Waals surface area contributed by atoms with Gasteiger partial charge < -0.3 is 4.74 Å². The molecule has 0 fully saturated rings. The second-order valence-corrected chi connectivity index (χ2v) is 2.08. The molecule has 1 atom stereocenters. The number of ether oxygens (including phenoxy) is 1. The molecule has 0 N–H and O–H groups in total. The number of allylic oxidation sites excluding steroid dienone is 2. The van der Waals surface area contributed by atoms with Crippen LogP contribution in [-0.2, 0) is 4.74 Å². The van der Waals surface area contributed by atoms with Crippen LogP contribution in [0.25, 0.3) is 0 Å². The van der Waals surface area contributed by atoms with Gasteiger partial charge in [-0.05, 0) is 12.2 Å². The van der Waals surface area contributed by atoms with E-state index < -0.39 is 0 Å².